The fourth-order valence-electron chi connectivity index (χ4n) is 0.422. The zero-order valence-corrected chi connectivity index (χ0v) is 7.39. The molecule has 0 saturated carbocycles. The van der Waals surface area contributed by atoms with Gasteiger partial charge in [-0.2, -0.15) is 0 Å². The van der Waals surface area contributed by atoms with E-state index in [9.17, 15) is 9.70 Å². The molecular weight excluding hydrogens is 166 g/mol. The summed E-state index contributed by atoms with van der Waals surface area (Å²) in [7, 11) is 0. The zero-order valence-electron chi connectivity index (χ0n) is 6.57. The average molecular weight is 177 g/mol. The Bertz CT molecular complexity index is 140. The van der Waals surface area contributed by atoms with E-state index in [1.165, 1.54) is 11.8 Å². The number of carbonyl (C=O) groups excluding carboxylic acids is 1. The fourth-order valence-corrected chi connectivity index (χ4v) is 0.943. The number of carbonyl (C=O) groups is 1. The number of ether oxygens (including phenoxy) is 1. The van der Waals surface area contributed by atoms with Crippen LogP contribution in [0.2, 0.25) is 0 Å². The van der Waals surface area contributed by atoms with E-state index in [2.05, 4.69) is 9.91 Å². The summed E-state index contributed by atoms with van der Waals surface area (Å²) >= 11 is 1.17. The molecule has 0 aliphatic carbocycles. The third-order valence-electron chi connectivity index (χ3n) is 0.896. The Balaban J connectivity index is 3.37. The molecule has 0 amide bonds. The second-order valence-electron chi connectivity index (χ2n) is 1.82. The Morgan fingerprint density at radius 3 is 2.82 bits per heavy atom. The van der Waals surface area contributed by atoms with E-state index in [4.69, 9.17) is 0 Å². The predicted molar refractivity (Wildman–Crippen MR) is 44.3 cm³/mol. The number of hydrogen-bond acceptors (Lipinski definition) is 5. The van der Waals surface area contributed by atoms with E-state index < -0.39 is 0 Å². The van der Waals surface area contributed by atoms with Crippen LogP contribution in [0.1, 0.15) is 13.8 Å². The first-order chi connectivity index (χ1) is 5.20. The summed E-state index contributed by atoms with van der Waals surface area (Å²) in [6.45, 7) is 3.75. The smallest absolute Gasteiger partial charge is 0.315 e. The molecule has 0 saturated heterocycles. The second-order valence-corrected chi connectivity index (χ2v) is 3.12. The van der Waals surface area contributed by atoms with Gasteiger partial charge in [0.25, 0.3) is 0 Å². The highest BCUT2D eigenvalue weighted by atomic mass is 32.2. The number of nitrogens with zero attached hydrogens (tertiary/aromatic N) is 1. The lowest BCUT2D eigenvalue weighted by Gasteiger charge is -2.01. The van der Waals surface area contributed by atoms with Gasteiger partial charge in [0.2, 0.25) is 0 Å². The van der Waals surface area contributed by atoms with Crippen LogP contribution in [0.4, 0.5) is 0 Å². The third-order valence-corrected chi connectivity index (χ3v) is 1.87. The summed E-state index contributed by atoms with van der Waals surface area (Å²) in [6, 6.07) is 0. The molecule has 0 fully saturated rings. The number of thioether (sulfide) groups is 1. The van der Waals surface area contributed by atoms with Crippen LogP contribution in [-0.4, -0.2) is 23.7 Å². The van der Waals surface area contributed by atoms with Gasteiger partial charge in [0.1, 0.15) is 5.37 Å². The number of hydrogen-bond donors (Lipinski definition) is 0. The molecule has 1 unspecified atom stereocenters. The van der Waals surface area contributed by atoms with Gasteiger partial charge in [0.15, 0.2) is 0 Å². The molecule has 0 aliphatic heterocycles. The molecule has 5 heteroatoms. The fraction of sp³-hybridized carbons (Fsp3) is 0.833. The van der Waals surface area contributed by atoms with Gasteiger partial charge < -0.3 is 4.74 Å². The van der Waals surface area contributed by atoms with Crippen LogP contribution in [0.25, 0.3) is 0 Å². The Morgan fingerprint density at radius 1 is 1.73 bits per heavy atom. The van der Waals surface area contributed by atoms with Gasteiger partial charge in [0, 0.05) is 0 Å². The Hall–Kier alpha value is -0.580. The van der Waals surface area contributed by atoms with Crippen LogP contribution < -0.4 is 0 Å². The van der Waals surface area contributed by atoms with E-state index in [1.54, 1.807) is 13.8 Å². The first-order valence-electron chi connectivity index (χ1n) is 3.30. The molecule has 4 nitrogen and oxygen atoms in total. The maximum Gasteiger partial charge on any atom is 0.315 e. The topological polar surface area (TPSA) is 55.7 Å². The van der Waals surface area contributed by atoms with Crippen LogP contribution in [0, 0.1) is 4.91 Å². The maximum atomic E-state index is 10.7. The summed E-state index contributed by atoms with van der Waals surface area (Å²) in [5.41, 5.74) is 0. The summed E-state index contributed by atoms with van der Waals surface area (Å²) in [5.74, 6) is -0.103. The lowest BCUT2D eigenvalue weighted by Crippen LogP contribution is -2.08. The summed E-state index contributed by atoms with van der Waals surface area (Å²) < 4.78 is 4.63. The number of nitroso groups, excluding NO2 is 1. The highest BCUT2D eigenvalue weighted by Crippen LogP contribution is 2.10. The van der Waals surface area contributed by atoms with E-state index in [1.807, 2.05) is 0 Å². The highest BCUT2D eigenvalue weighted by molar-refractivity contribution is 8.00. The SMILES string of the molecule is CCOC(=O)CSC(C)N=O. The van der Waals surface area contributed by atoms with Gasteiger partial charge in [-0.1, -0.05) is 5.18 Å². The van der Waals surface area contributed by atoms with E-state index in [0.717, 1.165) is 0 Å². The van der Waals surface area contributed by atoms with Crippen molar-refractivity contribution in [2.45, 2.75) is 19.2 Å². The summed E-state index contributed by atoms with van der Waals surface area (Å²) in [4.78, 5) is 20.5. The summed E-state index contributed by atoms with van der Waals surface area (Å²) in [6.07, 6.45) is 0. The van der Waals surface area contributed by atoms with Gasteiger partial charge in [0.05, 0.1) is 12.4 Å². The normalized spacial score (nSPS) is 12.2. The second kappa shape index (κ2) is 6.15. The lowest BCUT2D eigenvalue weighted by atomic mass is 10.8. The van der Waals surface area contributed by atoms with Crippen molar-refractivity contribution in [3.05, 3.63) is 4.91 Å². The molecule has 0 heterocycles. The molecule has 0 spiro atoms. The summed E-state index contributed by atoms with van der Waals surface area (Å²) in [5, 5.41) is 2.35. The standard InChI is InChI=1S/C6H11NO3S/c1-3-10-6(8)4-11-5(2)7-9/h5H,3-4H2,1-2H3. The van der Waals surface area contributed by atoms with Crippen molar-refractivity contribution in [3.63, 3.8) is 0 Å². The first kappa shape index (κ1) is 10.4. The Labute approximate surface area is 69.7 Å². The zero-order chi connectivity index (χ0) is 8.69. The van der Waals surface area contributed by atoms with Gasteiger partial charge in [-0.15, -0.1) is 16.7 Å². The minimum absolute atomic E-state index is 0.195. The van der Waals surface area contributed by atoms with Gasteiger partial charge in [-0.25, -0.2) is 0 Å². The molecule has 64 valence electrons. The third kappa shape index (κ3) is 5.84. The average Bonchev–Trinajstić information content (AvgIpc) is 2.01. The molecule has 0 radical (unpaired) electrons. The largest absolute Gasteiger partial charge is 0.465 e. The minimum atomic E-state index is -0.376. The number of rotatable bonds is 5. The van der Waals surface area contributed by atoms with Crippen molar-refractivity contribution in [1.29, 1.82) is 0 Å². The van der Waals surface area contributed by atoms with E-state index >= 15 is 0 Å². The van der Waals surface area contributed by atoms with Crippen LogP contribution in [0.5, 0.6) is 0 Å². The van der Waals surface area contributed by atoms with Gasteiger partial charge in [-0.3, -0.25) is 4.79 Å². The Morgan fingerprint density at radius 2 is 2.36 bits per heavy atom. The van der Waals surface area contributed by atoms with Crippen LogP contribution in [-0.2, 0) is 9.53 Å². The lowest BCUT2D eigenvalue weighted by molar-refractivity contribution is -0.139. The molecule has 0 aliphatic rings. The predicted octanol–water partition coefficient (Wildman–Crippen LogP) is 1.40. The van der Waals surface area contributed by atoms with Gasteiger partial charge in [-0.05, 0) is 13.8 Å². The molecule has 1 atom stereocenters. The van der Waals surface area contributed by atoms with Crippen LogP contribution in [0.3, 0.4) is 0 Å². The Kier molecular flexibility index (Phi) is 5.83. The minimum Gasteiger partial charge on any atom is -0.465 e. The van der Waals surface area contributed by atoms with Crippen molar-refractivity contribution in [2.24, 2.45) is 5.18 Å². The van der Waals surface area contributed by atoms with Crippen molar-refractivity contribution >= 4 is 17.7 Å². The van der Waals surface area contributed by atoms with Crippen molar-refractivity contribution < 1.29 is 9.53 Å². The van der Waals surface area contributed by atoms with Crippen molar-refractivity contribution in [2.75, 3.05) is 12.4 Å². The van der Waals surface area contributed by atoms with Crippen molar-refractivity contribution in [3.8, 4) is 0 Å². The first-order valence-corrected chi connectivity index (χ1v) is 4.35. The molecule has 0 aromatic carbocycles. The van der Waals surface area contributed by atoms with Crippen molar-refractivity contribution in [1.82, 2.24) is 0 Å². The number of esters is 1. The molecular formula is C6H11NO3S. The molecule has 0 bridgehead atoms. The van der Waals surface area contributed by atoms with E-state index in [-0.39, 0.29) is 17.1 Å². The quantitative estimate of drug-likeness (QED) is 0.470. The molecule has 0 rings (SSSR count). The van der Waals surface area contributed by atoms with Gasteiger partial charge >= 0.3 is 5.97 Å². The molecule has 11 heavy (non-hydrogen) atoms. The van der Waals surface area contributed by atoms with E-state index in [0.29, 0.717) is 6.61 Å². The van der Waals surface area contributed by atoms with Crippen LogP contribution in [0.15, 0.2) is 5.18 Å². The monoisotopic (exact) mass is 177 g/mol. The molecule has 0 aromatic heterocycles. The molecule has 0 aromatic rings. The van der Waals surface area contributed by atoms with Crippen LogP contribution >= 0.6 is 11.8 Å². The maximum absolute atomic E-state index is 10.7. The highest BCUT2D eigenvalue weighted by Gasteiger charge is 2.06. The molecule has 0 N–H and O–H groups in total.